The highest BCUT2D eigenvalue weighted by Crippen LogP contribution is 2.16. The van der Waals surface area contributed by atoms with Crippen LogP contribution in [0.2, 0.25) is 0 Å². The third-order valence-electron chi connectivity index (χ3n) is 2.49. The van der Waals surface area contributed by atoms with Gasteiger partial charge in [0.15, 0.2) is 0 Å². The molecule has 0 aliphatic rings. The van der Waals surface area contributed by atoms with Gasteiger partial charge in [-0.3, -0.25) is 4.79 Å². The first-order valence-corrected chi connectivity index (χ1v) is 6.22. The fourth-order valence-corrected chi connectivity index (χ4v) is 2.29. The molecule has 4 nitrogen and oxygen atoms in total. The Bertz CT molecular complexity index is 490. The molecule has 2 rings (SSSR count). The van der Waals surface area contributed by atoms with Gasteiger partial charge < -0.3 is 15.6 Å². The van der Waals surface area contributed by atoms with Gasteiger partial charge in [-0.1, -0.05) is 6.07 Å². The minimum absolute atomic E-state index is 0.142. The summed E-state index contributed by atoms with van der Waals surface area (Å²) < 4.78 is 1.95. The predicted molar refractivity (Wildman–Crippen MR) is 68.5 cm³/mol. The number of carbonyl (C=O) groups excluding carboxylic acids is 1. The zero-order valence-corrected chi connectivity index (χ0v) is 10.4. The van der Waals surface area contributed by atoms with Crippen molar-refractivity contribution in [1.82, 2.24) is 9.88 Å². The molecule has 2 aromatic heterocycles. The maximum absolute atomic E-state index is 11.8. The van der Waals surface area contributed by atoms with Gasteiger partial charge >= 0.3 is 0 Å². The molecule has 17 heavy (non-hydrogen) atoms. The average Bonchev–Trinajstić information content (AvgIpc) is 2.95. The fraction of sp³-hybridized carbons (Fsp3) is 0.250. The van der Waals surface area contributed by atoms with Crippen molar-refractivity contribution in [2.75, 3.05) is 0 Å². The van der Waals surface area contributed by atoms with Crippen molar-refractivity contribution >= 4 is 17.2 Å². The first-order valence-electron chi connectivity index (χ1n) is 5.34. The molecular formula is C12H15N3OS. The maximum atomic E-state index is 11.8. The summed E-state index contributed by atoms with van der Waals surface area (Å²) in [6, 6.07) is 5.16. The summed E-state index contributed by atoms with van der Waals surface area (Å²) in [7, 11) is 1.95. The number of nitrogens with two attached hydrogens (primary N) is 1. The van der Waals surface area contributed by atoms with Crippen LogP contribution in [0.1, 0.15) is 16.5 Å². The van der Waals surface area contributed by atoms with E-state index in [-0.39, 0.29) is 5.91 Å². The smallest absolute Gasteiger partial charge is 0.242 e. The molecule has 0 fully saturated rings. The van der Waals surface area contributed by atoms with Gasteiger partial charge in [-0.25, -0.2) is 0 Å². The Hall–Kier alpha value is -1.59. The molecule has 90 valence electrons. The number of hydrogen-bond acceptors (Lipinski definition) is 3. The van der Waals surface area contributed by atoms with Gasteiger partial charge in [-0.05, 0) is 23.1 Å². The molecule has 3 N–H and O–H groups in total. The molecule has 0 aliphatic heterocycles. The summed E-state index contributed by atoms with van der Waals surface area (Å²) in [5.74, 6) is -0.142. The van der Waals surface area contributed by atoms with Crippen molar-refractivity contribution < 1.29 is 4.79 Å². The van der Waals surface area contributed by atoms with E-state index in [0.717, 1.165) is 10.4 Å². The van der Waals surface area contributed by atoms with Gasteiger partial charge in [-0.15, -0.1) is 11.3 Å². The minimum atomic E-state index is -0.571. The molecule has 1 atom stereocenters. The molecule has 0 radical (unpaired) electrons. The number of nitrogens with one attached hydrogen (secondary N) is 1. The molecule has 0 saturated carbocycles. The lowest BCUT2D eigenvalue weighted by molar-refractivity contribution is -0.122. The molecule has 0 aliphatic carbocycles. The largest absolute Gasteiger partial charge is 0.357 e. The molecular weight excluding hydrogens is 234 g/mol. The summed E-state index contributed by atoms with van der Waals surface area (Å²) in [6.07, 6.45) is 3.91. The van der Waals surface area contributed by atoms with Crippen molar-refractivity contribution in [1.29, 1.82) is 0 Å². The van der Waals surface area contributed by atoms with Crippen LogP contribution >= 0.6 is 11.3 Å². The van der Waals surface area contributed by atoms with Crippen molar-refractivity contribution in [2.45, 2.75) is 12.6 Å². The van der Waals surface area contributed by atoms with Gasteiger partial charge in [0.05, 0.1) is 0 Å². The Kier molecular flexibility index (Phi) is 3.61. The summed E-state index contributed by atoms with van der Waals surface area (Å²) >= 11 is 1.50. The number of rotatable bonds is 4. The maximum Gasteiger partial charge on any atom is 0.242 e. The average molecular weight is 249 g/mol. The van der Waals surface area contributed by atoms with E-state index < -0.39 is 6.04 Å². The van der Waals surface area contributed by atoms with Gasteiger partial charge in [0.2, 0.25) is 5.91 Å². The van der Waals surface area contributed by atoms with Crippen LogP contribution in [0, 0.1) is 0 Å². The van der Waals surface area contributed by atoms with E-state index in [2.05, 4.69) is 5.32 Å². The van der Waals surface area contributed by atoms with E-state index in [1.807, 2.05) is 47.6 Å². The lowest BCUT2D eigenvalue weighted by Crippen LogP contribution is -2.33. The second-order valence-electron chi connectivity index (χ2n) is 3.90. The van der Waals surface area contributed by atoms with Crippen molar-refractivity contribution in [3.8, 4) is 0 Å². The van der Waals surface area contributed by atoms with Crippen molar-refractivity contribution in [2.24, 2.45) is 12.8 Å². The SMILES string of the molecule is Cn1ccc(CNC(=O)C(N)c2cccs2)c1. The molecule has 0 bridgehead atoms. The first kappa shape index (κ1) is 11.9. The fourth-order valence-electron chi connectivity index (χ4n) is 1.56. The summed E-state index contributed by atoms with van der Waals surface area (Å²) in [5.41, 5.74) is 6.91. The van der Waals surface area contributed by atoms with Crippen LogP contribution in [0.5, 0.6) is 0 Å². The number of aromatic nitrogens is 1. The number of hydrogen-bond donors (Lipinski definition) is 2. The van der Waals surface area contributed by atoms with E-state index in [9.17, 15) is 4.79 Å². The van der Waals surface area contributed by atoms with E-state index in [1.165, 1.54) is 11.3 Å². The number of thiophene rings is 1. The lowest BCUT2D eigenvalue weighted by Gasteiger charge is -2.09. The molecule has 1 amide bonds. The Labute approximate surface area is 104 Å². The summed E-state index contributed by atoms with van der Waals surface area (Å²) in [4.78, 5) is 12.7. The van der Waals surface area contributed by atoms with Crippen LogP contribution in [0.15, 0.2) is 36.0 Å². The topological polar surface area (TPSA) is 60.0 Å². The van der Waals surface area contributed by atoms with Gasteiger partial charge in [0.25, 0.3) is 0 Å². The zero-order chi connectivity index (χ0) is 12.3. The lowest BCUT2D eigenvalue weighted by atomic mass is 10.2. The molecule has 5 heteroatoms. The molecule has 0 aromatic carbocycles. The highest BCUT2D eigenvalue weighted by atomic mass is 32.1. The summed E-state index contributed by atoms with van der Waals surface area (Å²) in [5, 5.41) is 4.75. The highest BCUT2D eigenvalue weighted by Gasteiger charge is 2.15. The van der Waals surface area contributed by atoms with E-state index in [1.54, 1.807) is 0 Å². The van der Waals surface area contributed by atoms with Crippen LogP contribution in [0.3, 0.4) is 0 Å². The highest BCUT2D eigenvalue weighted by molar-refractivity contribution is 7.10. The van der Waals surface area contributed by atoms with Gasteiger partial charge in [-0.2, -0.15) is 0 Å². The van der Waals surface area contributed by atoms with Crippen LogP contribution in [-0.2, 0) is 18.4 Å². The Balaban J connectivity index is 1.89. The van der Waals surface area contributed by atoms with Crippen LogP contribution < -0.4 is 11.1 Å². The van der Waals surface area contributed by atoms with Crippen molar-refractivity contribution in [3.05, 3.63) is 46.4 Å². The third kappa shape index (κ3) is 2.95. The molecule has 2 aromatic rings. The summed E-state index contributed by atoms with van der Waals surface area (Å²) in [6.45, 7) is 0.513. The van der Waals surface area contributed by atoms with E-state index in [0.29, 0.717) is 6.54 Å². The molecule has 0 saturated heterocycles. The first-order chi connectivity index (χ1) is 8.16. The number of amides is 1. The van der Waals surface area contributed by atoms with Gasteiger partial charge in [0, 0.05) is 30.9 Å². The predicted octanol–water partition coefficient (Wildman–Crippen LogP) is 1.40. The van der Waals surface area contributed by atoms with E-state index >= 15 is 0 Å². The third-order valence-corrected chi connectivity index (χ3v) is 3.45. The normalized spacial score (nSPS) is 12.4. The number of nitrogens with zero attached hydrogens (tertiary/aromatic N) is 1. The van der Waals surface area contributed by atoms with Crippen LogP contribution in [-0.4, -0.2) is 10.5 Å². The van der Waals surface area contributed by atoms with E-state index in [4.69, 9.17) is 5.73 Å². The Morgan fingerprint density at radius 3 is 3.00 bits per heavy atom. The Morgan fingerprint density at radius 1 is 1.59 bits per heavy atom. The van der Waals surface area contributed by atoms with Gasteiger partial charge in [0.1, 0.15) is 6.04 Å². The minimum Gasteiger partial charge on any atom is -0.357 e. The number of carbonyl (C=O) groups is 1. The molecule has 0 spiro atoms. The molecule has 2 heterocycles. The standard InChI is InChI=1S/C12H15N3OS/c1-15-5-4-9(8-15)7-14-12(16)11(13)10-3-2-6-17-10/h2-6,8,11H,7,13H2,1H3,(H,14,16). The zero-order valence-electron chi connectivity index (χ0n) is 9.59. The van der Waals surface area contributed by atoms with Crippen molar-refractivity contribution in [3.63, 3.8) is 0 Å². The monoisotopic (exact) mass is 249 g/mol. The van der Waals surface area contributed by atoms with Crippen LogP contribution in [0.25, 0.3) is 0 Å². The Morgan fingerprint density at radius 2 is 2.41 bits per heavy atom. The second kappa shape index (κ2) is 5.16. The second-order valence-corrected chi connectivity index (χ2v) is 4.88. The molecule has 1 unspecified atom stereocenters. The number of aryl methyl sites for hydroxylation is 1. The quantitative estimate of drug-likeness (QED) is 0.860. The van der Waals surface area contributed by atoms with Crippen LogP contribution in [0.4, 0.5) is 0 Å².